The number of rotatable bonds is 8. The van der Waals surface area contributed by atoms with Crippen molar-refractivity contribution in [1.29, 1.82) is 0 Å². The van der Waals surface area contributed by atoms with Crippen LogP contribution in [-0.2, 0) is 26.0 Å². The van der Waals surface area contributed by atoms with E-state index in [1.165, 1.54) is 31.4 Å². The zero-order chi connectivity index (χ0) is 23.1. The van der Waals surface area contributed by atoms with Gasteiger partial charge in [-0.25, -0.2) is 8.42 Å². The number of aliphatic carboxylic acids is 1. The van der Waals surface area contributed by atoms with Crippen LogP contribution in [0.25, 0.3) is 0 Å². The molecular weight excluding hydrogens is 432 g/mol. The van der Waals surface area contributed by atoms with Crippen molar-refractivity contribution in [3.63, 3.8) is 0 Å². The number of hydrogen-bond donors (Lipinski definition) is 2. The Kier molecular flexibility index (Phi) is 7.87. The van der Waals surface area contributed by atoms with Gasteiger partial charge < -0.3 is 15.2 Å². The molecule has 1 heterocycles. The number of hydrogen-bond acceptors (Lipinski definition) is 5. The second-order valence-corrected chi connectivity index (χ2v) is 9.59. The van der Waals surface area contributed by atoms with Crippen LogP contribution in [-0.4, -0.2) is 55.9 Å². The van der Waals surface area contributed by atoms with Crippen LogP contribution in [0, 0.1) is 5.92 Å². The minimum absolute atomic E-state index is 0.0327. The molecule has 0 aliphatic carbocycles. The standard InChI is InChI=1S/C23H28N2O6S/c1-31-18-10-12-19(13-11-18)32(29,30)25-16-6-5-9-20(21(25)23(27)28)22(26)24-15-14-17-7-3-2-4-8-17/h2-4,7-8,10-13,20-21H,5-6,9,14-16H2,1H3,(H,24,26)(H,27,28). The van der Waals surface area contributed by atoms with E-state index in [1.807, 2.05) is 30.3 Å². The molecule has 1 aliphatic heterocycles. The maximum atomic E-state index is 13.3. The van der Waals surface area contributed by atoms with Crippen molar-refractivity contribution in [3.05, 3.63) is 60.2 Å². The van der Waals surface area contributed by atoms with Crippen molar-refractivity contribution in [2.75, 3.05) is 20.2 Å². The van der Waals surface area contributed by atoms with Gasteiger partial charge in [0, 0.05) is 13.1 Å². The third-order valence-electron chi connectivity index (χ3n) is 5.65. The molecule has 0 saturated carbocycles. The topological polar surface area (TPSA) is 113 Å². The maximum absolute atomic E-state index is 13.3. The molecule has 1 amide bonds. The highest BCUT2D eigenvalue weighted by Crippen LogP contribution is 2.30. The predicted molar refractivity (Wildman–Crippen MR) is 119 cm³/mol. The van der Waals surface area contributed by atoms with Crippen LogP contribution in [0.15, 0.2) is 59.5 Å². The van der Waals surface area contributed by atoms with Crippen molar-refractivity contribution in [3.8, 4) is 5.75 Å². The number of carbonyl (C=O) groups is 2. The Labute approximate surface area is 188 Å². The second-order valence-electron chi connectivity index (χ2n) is 7.70. The summed E-state index contributed by atoms with van der Waals surface area (Å²) in [7, 11) is -2.65. The number of carboxylic acid groups (broad SMARTS) is 1. The first kappa shape index (κ1) is 23.7. The van der Waals surface area contributed by atoms with E-state index in [1.54, 1.807) is 0 Å². The van der Waals surface area contributed by atoms with Crippen LogP contribution in [0.5, 0.6) is 5.75 Å². The summed E-state index contributed by atoms with van der Waals surface area (Å²) in [5.41, 5.74) is 1.05. The lowest BCUT2D eigenvalue weighted by atomic mass is 9.94. The van der Waals surface area contributed by atoms with Crippen LogP contribution < -0.4 is 10.1 Å². The van der Waals surface area contributed by atoms with Gasteiger partial charge in [0.2, 0.25) is 15.9 Å². The Balaban J connectivity index is 1.80. The molecule has 0 spiro atoms. The predicted octanol–water partition coefficient (Wildman–Crippen LogP) is 2.30. The van der Waals surface area contributed by atoms with Gasteiger partial charge in [0.25, 0.3) is 0 Å². The van der Waals surface area contributed by atoms with E-state index in [0.29, 0.717) is 38.0 Å². The molecule has 1 aliphatic rings. The molecule has 2 unspecified atom stereocenters. The molecule has 1 saturated heterocycles. The van der Waals surface area contributed by atoms with Crippen LogP contribution in [0.1, 0.15) is 24.8 Å². The normalized spacial score (nSPS) is 19.7. The first-order valence-corrected chi connectivity index (χ1v) is 12.0. The molecule has 0 aromatic heterocycles. The summed E-state index contributed by atoms with van der Waals surface area (Å²) in [4.78, 5) is 25.1. The number of sulfonamides is 1. The van der Waals surface area contributed by atoms with Gasteiger partial charge in [-0.3, -0.25) is 9.59 Å². The van der Waals surface area contributed by atoms with Crippen LogP contribution in [0.3, 0.4) is 0 Å². The van der Waals surface area contributed by atoms with E-state index in [2.05, 4.69) is 5.32 Å². The fourth-order valence-electron chi connectivity index (χ4n) is 3.96. The van der Waals surface area contributed by atoms with Gasteiger partial charge in [-0.05, 0) is 49.1 Å². The zero-order valence-corrected chi connectivity index (χ0v) is 18.8. The molecule has 32 heavy (non-hydrogen) atoms. The van der Waals surface area contributed by atoms with Gasteiger partial charge in [0.05, 0.1) is 17.9 Å². The fraction of sp³-hybridized carbons (Fsp3) is 0.391. The van der Waals surface area contributed by atoms with E-state index in [-0.39, 0.29) is 11.4 Å². The second kappa shape index (κ2) is 10.6. The third kappa shape index (κ3) is 5.46. The minimum Gasteiger partial charge on any atom is -0.497 e. The van der Waals surface area contributed by atoms with Crippen molar-refractivity contribution in [1.82, 2.24) is 9.62 Å². The molecule has 2 atom stereocenters. The van der Waals surface area contributed by atoms with Crippen LogP contribution in [0.2, 0.25) is 0 Å². The highest BCUT2D eigenvalue weighted by atomic mass is 32.2. The number of benzene rings is 2. The largest absolute Gasteiger partial charge is 0.497 e. The average Bonchev–Trinajstić information content (AvgIpc) is 3.03. The number of methoxy groups -OCH3 is 1. The number of nitrogens with zero attached hydrogens (tertiary/aromatic N) is 1. The summed E-state index contributed by atoms with van der Waals surface area (Å²) in [5, 5.41) is 12.7. The van der Waals surface area contributed by atoms with Gasteiger partial charge in [0.1, 0.15) is 11.8 Å². The summed E-state index contributed by atoms with van der Waals surface area (Å²) < 4.78 is 32.7. The quantitative estimate of drug-likeness (QED) is 0.625. The molecule has 1 fully saturated rings. The zero-order valence-electron chi connectivity index (χ0n) is 17.9. The van der Waals surface area contributed by atoms with Crippen molar-refractivity contribution in [2.24, 2.45) is 5.92 Å². The highest BCUT2D eigenvalue weighted by molar-refractivity contribution is 7.89. The Morgan fingerprint density at radius 1 is 1.09 bits per heavy atom. The van der Waals surface area contributed by atoms with Crippen molar-refractivity contribution >= 4 is 21.9 Å². The molecule has 3 rings (SSSR count). The van der Waals surface area contributed by atoms with E-state index in [4.69, 9.17) is 4.74 Å². The number of ether oxygens (including phenoxy) is 1. The average molecular weight is 461 g/mol. The van der Waals surface area contributed by atoms with Gasteiger partial charge in [0.15, 0.2) is 0 Å². The monoisotopic (exact) mass is 460 g/mol. The number of carbonyl (C=O) groups excluding carboxylic acids is 1. The van der Waals surface area contributed by atoms with E-state index < -0.39 is 33.9 Å². The third-order valence-corrected chi connectivity index (χ3v) is 7.54. The molecule has 0 bridgehead atoms. The molecule has 8 nitrogen and oxygen atoms in total. The van der Waals surface area contributed by atoms with Gasteiger partial charge >= 0.3 is 5.97 Å². The smallest absolute Gasteiger partial charge is 0.322 e. The van der Waals surface area contributed by atoms with Crippen molar-refractivity contribution < 1.29 is 27.9 Å². The van der Waals surface area contributed by atoms with Crippen LogP contribution in [0.4, 0.5) is 0 Å². The molecule has 2 N–H and O–H groups in total. The number of amides is 1. The summed E-state index contributed by atoms with van der Waals surface area (Å²) in [6.07, 6.45) is 1.95. The van der Waals surface area contributed by atoms with E-state index >= 15 is 0 Å². The Morgan fingerprint density at radius 2 is 1.78 bits per heavy atom. The Hall–Kier alpha value is -2.91. The van der Waals surface area contributed by atoms with Gasteiger partial charge in [-0.15, -0.1) is 0 Å². The minimum atomic E-state index is -4.12. The molecule has 0 radical (unpaired) electrons. The summed E-state index contributed by atoms with van der Waals surface area (Å²) in [6, 6.07) is 13.9. The molecule has 2 aromatic carbocycles. The summed E-state index contributed by atoms with van der Waals surface area (Å²) in [6.45, 7) is 0.385. The van der Waals surface area contributed by atoms with Crippen molar-refractivity contribution in [2.45, 2.75) is 36.6 Å². The summed E-state index contributed by atoms with van der Waals surface area (Å²) >= 11 is 0. The lowest BCUT2D eigenvalue weighted by molar-refractivity contribution is -0.146. The molecular formula is C23H28N2O6S. The van der Waals surface area contributed by atoms with Gasteiger partial charge in [-0.1, -0.05) is 36.8 Å². The lowest BCUT2D eigenvalue weighted by Gasteiger charge is -2.30. The first-order valence-electron chi connectivity index (χ1n) is 10.5. The first-order chi connectivity index (χ1) is 15.3. The van der Waals surface area contributed by atoms with Crippen LogP contribution >= 0.6 is 0 Å². The highest BCUT2D eigenvalue weighted by Gasteiger charge is 2.44. The van der Waals surface area contributed by atoms with E-state index in [9.17, 15) is 23.1 Å². The molecule has 9 heteroatoms. The molecule has 172 valence electrons. The Bertz CT molecular complexity index is 1020. The van der Waals surface area contributed by atoms with E-state index in [0.717, 1.165) is 9.87 Å². The lowest BCUT2D eigenvalue weighted by Crippen LogP contribution is -2.52. The summed E-state index contributed by atoms with van der Waals surface area (Å²) in [5.74, 6) is -2.25. The maximum Gasteiger partial charge on any atom is 0.322 e. The number of carboxylic acids is 1. The fourth-order valence-corrected chi connectivity index (χ4v) is 5.61. The molecule has 2 aromatic rings. The SMILES string of the molecule is COc1ccc(S(=O)(=O)N2CCCCC(C(=O)NCCc3ccccc3)C2C(=O)O)cc1. The van der Waals surface area contributed by atoms with Gasteiger partial charge in [-0.2, -0.15) is 4.31 Å². The number of nitrogens with one attached hydrogen (secondary N) is 1. The Morgan fingerprint density at radius 3 is 2.41 bits per heavy atom.